The van der Waals surface area contributed by atoms with E-state index in [1.165, 1.54) is 19.3 Å². The number of hydrogen-bond donors (Lipinski definition) is 3. The zero-order valence-corrected chi connectivity index (χ0v) is 17.8. The quantitative estimate of drug-likeness (QED) is 0.251. The number of rotatable bonds is 7. The number of fused-ring (bicyclic) bond motifs is 1. The van der Waals surface area contributed by atoms with E-state index in [1.54, 1.807) is 0 Å². The number of nitrogens with one attached hydrogen (secondary N) is 1. The maximum atomic E-state index is 11.3. The molecule has 0 aromatic heterocycles. The molecule has 10 nitrogen and oxygen atoms in total. The SMILES string of the molecule is CNC(=O)/C=C\N(C=O)C1CCC(C(O)(O)OP2OCc3cc(C)cc(C)c3O2)O1. The third kappa shape index (κ3) is 5.15. The Morgan fingerprint density at radius 3 is 2.83 bits per heavy atom. The summed E-state index contributed by atoms with van der Waals surface area (Å²) in [5.41, 5.74) is 2.82. The highest BCUT2D eigenvalue weighted by Crippen LogP contribution is 2.51. The molecular weight excluding hydrogens is 415 g/mol. The Balaban J connectivity index is 1.62. The molecule has 2 aliphatic heterocycles. The molecule has 0 bridgehead atoms. The molecule has 30 heavy (non-hydrogen) atoms. The summed E-state index contributed by atoms with van der Waals surface area (Å²) in [5.74, 6) is -2.47. The first kappa shape index (κ1) is 22.6. The molecule has 11 heteroatoms. The number of carbonyl (C=O) groups excluding carboxylic acids is 2. The van der Waals surface area contributed by atoms with Crippen molar-refractivity contribution < 1.29 is 38.1 Å². The van der Waals surface area contributed by atoms with Crippen molar-refractivity contribution in [1.29, 1.82) is 0 Å². The number of carbonyl (C=O) groups is 2. The second kappa shape index (κ2) is 9.38. The largest absolute Gasteiger partial charge is 0.426 e. The summed E-state index contributed by atoms with van der Waals surface area (Å²) in [7, 11) is -0.609. The van der Waals surface area contributed by atoms with E-state index >= 15 is 0 Å². The Hall–Kier alpha value is -2.07. The Morgan fingerprint density at radius 1 is 1.37 bits per heavy atom. The van der Waals surface area contributed by atoms with Crippen LogP contribution in [0.5, 0.6) is 5.75 Å². The molecule has 1 saturated heterocycles. The summed E-state index contributed by atoms with van der Waals surface area (Å²) in [4.78, 5) is 23.8. The predicted molar refractivity (Wildman–Crippen MR) is 106 cm³/mol. The minimum Gasteiger partial charge on any atom is -0.426 e. The molecule has 3 atom stereocenters. The van der Waals surface area contributed by atoms with Gasteiger partial charge in [-0.25, -0.2) is 4.52 Å². The lowest BCUT2D eigenvalue weighted by Crippen LogP contribution is -2.45. The molecule has 164 valence electrons. The van der Waals surface area contributed by atoms with Crippen molar-refractivity contribution in [2.75, 3.05) is 7.05 Å². The van der Waals surface area contributed by atoms with Crippen LogP contribution in [-0.2, 0) is 30.0 Å². The molecule has 0 radical (unpaired) electrons. The monoisotopic (exact) mass is 440 g/mol. The van der Waals surface area contributed by atoms with Gasteiger partial charge in [-0.2, -0.15) is 0 Å². The molecule has 1 aromatic rings. The van der Waals surface area contributed by atoms with Gasteiger partial charge < -0.3 is 24.8 Å². The summed E-state index contributed by atoms with van der Waals surface area (Å²) >= 11 is 0. The lowest BCUT2D eigenvalue weighted by molar-refractivity contribution is -0.346. The van der Waals surface area contributed by atoms with Crippen molar-refractivity contribution in [2.24, 2.45) is 0 Å². The minimum atomic E-state index is -2.68. The van der Waals surface area contributed by atoms with Crippen LogP contribution in [0.1, 0.15) is 29.5 Å². The van der Waals surface area contributed by atoms with Gasteiger partial charge in [0.2, 0.25) is 12.3 Å². The van der Waals surface area contributed by atoms with E-state index in [2.05, 4.69) is 5.32 Å². The van der Waals surface area contributed by atoms with Gasteiger partial charge in [0, 0.05) is 24.9 Å². The summed E-state index contributed by atoms with van der Waals surface area (Å²) in [6.07, 6.45) is 1.51. The highest BCUT2D eigenvalue weighted by Gasteiger charge is 2.47. The Kier molecular flexibility index (Phi) is 7.07. The first-order valence-corrected chi connectivity index (χ1v) is 10.5. The topological polar surface area (TPSA) is 127 Å². The number of likely N-dealkylation sites (N-methyl/N-ethyl adjacent to an activating group) is 1. The van der Waals surface area contributed by atoms with Gasteiger partial charge in [0.15, 0.2) is 0 Å². The number of aliphatic hydroxyl groups is 2. The van der Waals surface area contributed by atoms with E-state index in [-0.39, 0.29) is 13.0 Å². The van der Waals surface area contributed by atoms with Gasteiger partial charge in [-0.3, -0.25) is 19.0 Å². The fourth-order valence-corrected chi connectivity index (χ4v) is 4.40. The maximum Gasteiger partial charge on any atom is 0.402 e. The Bertz CT molecular complexity index is 831. The molecule has 3 N–H and O–H groups in total. The number of amides is 2. The van der Waals surface area contributed by atoms with E-state index < -0.39 is 32.8 Å². The first-order valence-electron chi connectivity index (χ1n) is 9.36. The standard InChI is InChI=1S/C19H25N2O8P/c1-12-8-13(2)18-14(9-12)10-26-30(28-18)29-19(24,25)15-4-5-17(27-15)21(11-22)7-6-16(23)20-3/h6-9,11,15,17,24-25H,4-5,10H2,1-3H3,(H,20,23)/b7-6-. The second-order valence-corrected chi connectivity index (χ2v) is 8.12. The van der Waals surface area contributed by atoms with Gasteiger partial charge in [-0.05, 0) is 32.3 Å². The van der Waals surface area contributed by atoms with E-state index in [4.69, 9.17) is 18.3 Å². The number of nitrogens with zero attached hydrogens (tertiary/aromatic N) is 1. The number of aryl methyl sites for hydroxylation is 2. The van der Waals surface area contributed by atoms with E-state index in [0.29, 0.717) is 18.6 Å². The zero-order chi connectivity index (χ0) is 21.9. The Labute approximate surface area is 175 Å². The Morgan fingerprint density at radius 2 is 2.13 bits per heavy atom. The summed E-state index contributed by atoms with van der Waals surface area (Å²) < 4.78 is 22.1. The van der Waals surface area contributed by atoms with Crippen LogP contribution in [-0.4, -0.2) is 52.8 Å². The third-order valence-corrected chi connectivity index (χ3v) is 5.80. The average molecular weight is 440 g/mol. The molecule has 2 amide bonds. The maximum absolute atomic E-state index is 11.3. The summed E-state index contributed by atoms with van der Waals surface area (Å²) in [6.45, 7) is 4.08. The van der Waals surface area contributed by atoms with Crippen LogP contribution in [0, 0.1) is 13.8 Å². The summed E-state index contributed by atoms with van der Waals surface area (Å²) in [6, 6.07) is 3.89. The van der Waals surface area contributed by atoms with Gasteiger partial charge >= 0.3 is 14.6 Å². The van der Waals surface area contributed by atoms with Crippen molar-refractivity contribution in [3.63, 3.8) is 0 Å². The highest BCUT2D eigenvalue weighted by molar-refractivity contribution is 7.42. The van der Waals surface area contributed by atoms with Crippen LogP contribution >= 0.6 is 8.60 Å². The first-order chi connectivity index (χ1) is 14.2. The number of benzene rings is 1. The molecule has 0 saturated carbocycles. The molecular formula is C19H25N2O8P. The third-order valence-electron chi connectivity index (χ3n) is 4.71. The normalized spacial score (nSPS) is 23.7. The van der Waals surface area contributed by atoms with Crippen molar-refractivity contribution >= 4 is 20.9 Å². The van der Waals surface area contributed by atoms with Crippen LogP contribution in [0.4, 0.5) is 0 Å². The fraction of sp³-hybridized carbons (Fsp3) is 0.474. The highest BCUT2D eigenvalue weighted by atomic mass is 31.2. The zero-order valence-electron chi connectivity index (χ0n) is 16.9. The van der Waals surface area contributed by atoms with Crippen LogP contribution in [0.15, 0.2) is 24.4 Å². The molecule has 1 aromatic carbocycles. The molecule has 3 unspecified atom stereocenters. The molecule has 0 spiro atoms. The number of ether oxygens (including phenoxy) is 1. The van der Waals surface area contributed by atoms with Gasteiger partial charge in [0.1, 0.15) is 18.1 Å². The van der Waals surface area contributed by atoms with E-state index in [0.717, 1.165) is 21.6 Å². The van der Waals surface area contributed by atoms with Crippen molar-refractivity contribution in [2.45, 2.75) is 51.6 Å². The lowest BCUT2D eigenvalue weighted by atomic mass is 10.1. The van der Waals surface area contributed by atoms with Crippen molar-refractivity contribution in [1.82, 2.24) is 10.2 Å². The molecule has 3 rings (SSSR count). The van der Waals surface area contributed by atoms with Gasteiger partial charge in [-0.1, -0.05) is 17.7 Å². The van der Waals surface area contributed by atoms with Crippen LogP contribution in [0.25, 0.3) is 0 Å². The molecule has 2 aliphatic rings. The van der Waals surface area contributed by atoms with E-state index in [9.17, 15) is 19.8 Å². The lowest BCUT2D eigenvalue weighted by Gasteiger charge is -2.33. The van der Waals surface area contributed by atoms with Crippen LogP contribution in [0.2, 0.25) is 0 Å². The molecule has 1 fully saturated rings. The fourth-order valence-electron chi connectivity index (χ4n) is 3.27. The van der Waals surface area contributed by atoms with Gasteiger partial charge in [0.25, 0.3) is 0 Å². The van der Waals surface area contributed by atoms with Crippen molar-refractivity contribution in [3.05, 3.63) is 41.1 Å². The van der Waals surface area contributed by atoms with Crippen LogP contribution in [0.3, 0.4) is 0 Å². The molecule has 2 heterocycles. The smallest absolute Gasteiger partial charge is 0.402 e. The molecule has 0 aliphatic carbocycles. The van der Waals surface area contributed by atoms with Gasteiger partial charge in [-0.15, -0.1) is 0 Å². The summed E-state index contributed by atoms with van der Waals surface area (Å²) in [5, 5.41) is 23.3. The van der Waals surface area contributed by atoms with Crippen molar-refractivity contribution in [3.8, 4) is 5.75 Å². The predicted octanol–water partition coefficient (Wildman–Crippen LogP) is 1.32. The van der Waals surface area contributed by atoms with Crippen LogP contribution < -0.4 is 9.84 Å². The number of hydrogen-bond acceptors (Lipinski definition) is 8. The average Bonchev–Trinajstić information content (AvgIpc) is 3.19. The second-order valence-electron chi connectivity index (χ2n) is 7.05. The minimum absolute atomic E-state index is 0.202. The van der Waals surface area contributed by atoms with E-state index in [1.807, 2.05) is 26.0 Å². The van der Waals surface area contributed by atoms with Gasteiger partial charge in [0.05, 0.1) is 6.61 Å².